The van der Waals surface area contributed by atoms with Gasteiger partial charge in [0.15, 0.2) is 5.78 Å². The summed E-state index contributed by atoms with van der Waals surface area (Å²) in [6.45, 7) is 0.186. The van der Waals surface area contributed by atoms with Crippen LogP contribution in [0.1, 0.15) is 29.6 Å². The summed E-state index contributed by atoms with van der Waals surface area (Å²) in [5, 5.41) is 22.8. The van der Waals surface area contributed by atoms with Crippen molar-refractivity contribution >= 4 is 11.7 Å². The van der Waals surface area contributed by atoms with E-state index in [9.17, 15) is 14.7 Å². The average molecular weight is 281 g/mol. The Labute approximate surface area is 116 Å². The van der Waals surface area contributed by atoms with Crippen molar-refractivity contribution in [3.05, 3.63) is 18.0 Å². The molecule has 1 atom stereocenters. The maximum atomic E-state index is 12.0. The van der Waals surface area contributed by atoms with Crippen LogP contribution < -0.4 is 0 Å². The normalized spacial score (nSPS) is 22.2. The number of aryl methyl sites for hydroxylation is 1. The molecule has 110 valence electrons. The highest BCUT2D eigenvalue weighted by Gasteiger charge is 2.37. The lowest BCUT2D eigenvalue weighted by Crippen LogP contribution is -2.38. The van der Waals surface area contributed by atoms with Crippen molar-refractivity contribution in [3.63, 3.8) is 0 Å². The third kappa shape index (κ3) is 3.23. The number of carbonyl (C=O) groups is 2. The van der Waals surface area contributed by atoms with Crippen molar-refractivity contribution in [1.82, 2.24) is 14.7 Å². The van der Waals surface area contributed by atoms with Gasteiger partial charge in [0.1, 0.15) is 5.60 Å². The van der Waals surface area contributed by atoms with Crippen LogP contribution in [0.2, 0.25) is 0 Å². The number of aliphatic hydroxyl groups is 2. The number of aliphatic hydroxyl groups excluding tert-OH is 1. The number of β-amino-alcohol motifs (C(OH)–C–C–N with tert-alkyl or cyclic N) is 1. The molecular weight excluding hydrogens is 262 g/mol. The van der Waals surface area contributed by atoms with Gasteiger partial charge in [-0.1, -0.05) is 0 Å². The minimum absolute atomic E-state index is 0.106. The molecule has 0 aromatic carbocycles. The Morgan fingerprint density at radius 2 is 2.20 bits per heavy atom. The molecule has 0 aliphatic carbocycles. The van der Waals surface area contributed by atoms with Gasteiger partial charge in [0.25, 0.3) is 0 Å². The Kier molecular flexibility index (Phi) is 4.20. The van der Waals surface area contributed by atoms with E-state index in [-0.39, 0.29) is 37.7 Å². The van der Waals surface area contributed by atoms with Crippen LogP contribution in [0.5, 0.6) is 0 Å². The molecule has 1 saturated heterocycles. The van der Waals surface area contributed by atoms with Crippen LogP contribution in [0.3, 0.4) is 0 Å². The zero-order valence-electron chi connectivity index (χ0n) is 11.4. The molecule has 1 unspecified atom stereocenters. The highest BCUT2D eigenvalue weighted by molar-refractivity contribution is 5.97. The second-order valence-electron chi connectivity index (χ2n) is 5.27. The summed E-state index contributed by atoms with van der Waals surface area (Å²) >= 11 is 0. The van der Waals surface area contributed by atoms with Crippen molar-refractivity contribution in [3.8, 4) is 0 Å². The quantitative estimate of drug-likeness (QED) is 0.698. The maximum Gasteiger partial charge on any atom is 0.223 e. The van der Waals surface area contributed by atoms with Gasteiger partial charge in [-0.25, -0.2) is 0 Å². The molecule has 20 heavy (non-hydrogen) atoms. The predicted molar refractivity (Wildman–Crippen MR) is 70.0 cm³/mol. The first-order valence-corrected chi connectivity index (χ1v) is 6.56. The molecule has 1 aromatic heterocycles. The third-order valence-corrected chi connectivity index (χ3v) is 3.57. The zero-order chi connectivity index (χ0) is 14.8. The summed E-state index contributed by atoms with van der Waals surface area (Å²) in [6.07, 6.45) is 3.69. The van der Waals surface area contributed by atoms with Crippen molar-refractivity contribution in [1.29, 1.82) is 0 Å². The van der Waals surface area contributed by atoms with Gasteiger partial charge in [-0.05, 0) is 6.42 Å². The zero-order valence-corrected chi connectivity index (χ0v) is 11.4. The second-order valence-corrected chi connectivity index (χ2v) is 5.27. The molecule has 2 rings (SSSR count). The molecule has 7 heteroatoms. The number of amides is 1. The van der Waals surface area contributed by atoms with Gasteiger partial charge in [0, 0.05) is 32.6 Å². The van der Waals surface area contributed by atoms with Gasteiger partial charge in [-0.3, -0.25) is 14.3 Å². The Morgan fingerprint density at radius 1 is 1.45 bits per heavy atom. The minimum atomic E-state index is -1.19. The number of nitrogens with zero attached hydrogens (tertiary/aromatic N) is 3. The standard InChI is InChI=1S/C13H19N3O4/c1-15-7-10(6-14-15)11(18)2-3-12(19)16-5-4-13(20,8-16)9-17/h6-7,17,20H,2-5,8-9H2,1H3. The van der Waals surface area contributed by atoms with Crippen LogP contribution in [-0.2, 0) is 11.8 Å². The molecule has 0 bridgehead atoms. The summed E-state index contributed by atoms with van der Waals surface area (Å²) in [5.41, 5.74) is -0.697. The van der Waals surface area contributed by atoms with Crippen molar-refractivity contribution in [2.75, 3.05) is 19.7 Å². The van der Waals surface area contributed by atoms with E-state index >= 15 is 0 Å². The number of hydrogen-bond donors (Lipinski definition) is 2. The van der Waals surface area contributed by atoms with Crippen molar-refractivity contribution < 1.29 is 19.8 Å². The third-order valence-electron chi connectivity index (χ3n) is 3.57. The van der Waals surface area contributed by atoms with E-state index < -0.39 is 5.60 Å². The lowest BCUT2D eigenvalue weighted by Gasteiger charge is -2.20. The average Bonchev–Trinajstić information content (AvgIpc) is 3.03. The van der Waals surface area contributed by atoms with Crippen LogP contribution >= 0.6 is 0 Å². The number of carbonyl (C=O) groups excluding carboxylic acids is 2. The number of rotatable bonds is 5. The summed E-state index contributed by atoms with van der Waals surface area (Å²) in [6, 6.07) is 0. The molecular formula is C13H19N3O4. The van der Waals surface area contributed by atoms with E-state index in [4.69, 9.17) is 5.11 Å². The van der Waals surface area contributed by atoms with E-state index in [0.29, 0.717) is 18.5 Å². The molecule has 1 aliphatic rings. The first-order valence-electron chi connectivity index (χ1n) is 6.56. The molecule has 0 saturated carbocycles. The van der Waals surface area contributed by atoms with Crippen LogP contribution in [0.4, 0.5) is 0 Å². The van der Waals surface area contributed by atoms with E-state index in [2.05, 4.69) is 5.10 Å². The van der Waals surface area contributed by atoms with Gasteiger partial charge in [-0.15, -0.1) is 0 Å². The smallest absolute Gasteiger partial charge is 0.223 e. The molecule has 1 aliphatic heterocycles. The Hall–Kier alpha value is -1.73. The summed E-state index contributed by atoms with van der Waals surface area (Å²) in [5.74, 6) is -0.297. The highest BCUT2D eigenvalue weighted by atomic mass is 16.3. The lowest BCUT2D eigenvalue weighted by atomic mass is 10.1. The first kappa shape index (κ1) is 14.7. The monoisotopic (exact) mass is 281 g/mol. The maximum absolute atomic E-state index is 12.0. The molecule has 1 fully saturated rings. The van der Waals surface area contributed by atoms with E-state index in [0.717, 1.165) is 0 Å². The SMILES string of the molecule is Cn1cc(C(=O)CCC(=O)N2CCC(O)(CO)C2)cn1. The largest absolute Gasteiger partial charge is 0.393 e. The summed E-state index contributed by atoms with van der Waals surface area (Å²) in [4.78, 5) is 25.3. The molecule has 0 radical (unpaired) electrons. The molecule has 2 heterocycles. The molecule has 2 N–H and O–H groups in total. The second kappa shape index (κ2) is 5.72. The first-order chi connectivity index (χ1) is 9.43. The minimum Gasteiger partial charge on any atom is -0.393 e. The number of hydrogen-bond acceptors (Lipinski definition) is 5. The number of aromatic nitrogens is 2. The summed E-state index contributed by atoms with van der Waals surface area (Å²) < 4.78 is 1.54. The molecule has 0 spiro atoms. The van der Waals surface area contributed by atoms with E-state index in [1.54, 1.807) is 13.2 Å². The summed E-state index contributed by atoms with van der Waals surface area (Å²) in [7, 11) is 1.72. The van der Waals surface area contributed by atoms with Gasteiger partial charge in [0.05, 0.1) is 24.9 Å². The Balaban J connectivity index is 1.83. The van der Waals surface area contributed by atoms with Gasteiger partial charge in [0.2, 0.25) is 5.91 Å². The van der Waals surface area contributed by atoms with Crippen molar-refractivity contribution in [2.45, 2.75) is 24.9 Å². The predicted octanol–water partition coefficient (Wildman–Crippen LogP) is -0.661. The lowest BCUT2D eigenvalue weighted by molar-refractivity contribution is -0.131. The molecule has 7 nitrogen and oxygen atoms in total. The van der Waals surface area contributed by atoms with Crippen LogP contribution in [0, 0.1) is 0 Å². The van der Waals surface area contributed by atoms with Gasteiger partial charge in [-0.2, -0.15) is 5.10 Å². The molecule has 1 amide bonds. The van der Waals surface area contributed by atoms with Crippen LogP contribution in [0.15, 0.2) is 12.4 Å². The Bertz CT molecular complexity index is 513. The van der Waals surface area contributed by atoms with Crippen LogP contribution in [0.25, 0.3) is 0 Å². The topological polar surface area (TPSA) is 95.7 Å². The highest BCUT2D eigenvalue weighted by Crippen LogP contribution is 2.21. The van der Waals surface area contributed by atoms with Gasteiger partial charge >= 0.3 is 0 Å². The molecule has 1 aromatic rings. The Morgan fingerprint density at radius 3 is 2.75 bits per heavy atom. The number of Topliss-reactive ketones (excluding diaryl/α,β-unsaturated/α-hetero) is 1. The fraction of sp³-hybridized carbons (Fsp3) is 0.615. The van der Waals surface area contributed by atoms with Crippen LogP contribution in [-0.4, -0.2) is 61.9 Å². The van der Waals surface area contributed by atoms with Gasteiger partial charge < -0.3 is 15.1 Å². The van der Waals surface area contributed by atoms with Crippen molar-refractivity contribution in [2.24, 2.45) is 7.05 Å². The van der Waals surface area contributed by atoms with E-state index in [1.165, 1.54) is 15.8 Å². The van der Waals surface area contributed by atoms with E-state index in [1.807, 2.05) is 0 Å². The number of likely N-dealkylation sites (tertiary alicyclic amines) is 1. The fourth-order valence-electron chi connectivity index (χ4n) is 2.29. The number of ketones is 1. The fourth-order valence-corrected chi connectivity index (χ4v) is 2.29.